The summed E-state index contributed by atoms with van der Waals surface area (Å²) in [5, 5.41) is 16.1. The number of phenols is 1. The quantitative estimate of drug-likeness (QED) is 0.510. The maximum absolute atomic E-state index is 11.8. The summed E-state index contributed by atoms with van der Waals surface area (Å²) in [6.45, 7) is 4.92. The van der Waals surface area contributed by atoms with Crippen LogP contribution in [0.5, 0.6) is 5.75 Å². The molecule has 1 fully saturated rings. The molecule has 0 saturated carbocycles. The SMILES string of the molecule is CCNC(=NCc1ccc(N2CCCC2=O)cc1)NCCc1cccc(O)c1. The van der Waals surface area contributed by atoms with Crippen LogP contribution in [-0.2, 0) is 17.8 Å². The molecule has 0 unspecified atom stereocenters. The molecule has 0 atom stereocenters. The highest BCUT2D eigenvalue weighted by Gasteiger charge is 2.21. The zero-order valence-corrected chi connectivity index (χ0v) is 16.3. The van der Waals surface area contributed by atoms with Gasteiger partial charge < -0.3 is 20.6 Å². The van der Waals surface area contributed by atoms with Gasteiger partial charge in [-0.05, 0) is 55.2 Å². The molecule has 1 aliphatic rings. The number of aliphatic imine (C=N–C) groups is 1. The standard InChI is InChI=1S/C22H28N4O2/c1-2-23-22(24-13-12-17-5-3-6-20(27)15-17)25-16-18-8-10-19(11-9-18)26-14-4-7-21(26)28/h3,5-6,8-11,15,27H,2,4,7,12-14,16H2,1H3,(H2,23,24,25). The first-order chi connectivity index (χ1) is 13.7. The summed E-state index contributed by atoms with van der Waals surface area (Å²) in [6, 6.07) is 15.3. The third-order valence-electron chi connectivity index (χ3n) is 4.70. The Balaban J connectivity index is 1.54. The van der Waals surface area contributed by atoms with Gasteiger partial charge in [-0.3, -0.25) is 4.79 Å². The highest BCUT2D eigenvalue weighted by Crippen LogP contribution is 2.21. The van der Waals surface area contributed by atoms with Crippen molar-refractivity contribution < 1.29 is 9.90 Å². The van der Waals surface area contributed by atoms with E-state index >= 15 is 0 Å². The van der Waals surface area contributed by atoms with Crippen LogP contribution in [0, 0.1) is 0 Å². The first-order valence-corrected chi connectivity index (χ1v) is 9.85. The number of amides is 1. The molecule has 6 heteroatoms. The smallest absolute Gasteiger partial charge is 0.227 e. The van der Waals surface area contributed by atoms with Gasteiger partial charge in [0.25, 0.3) is 0 Å². The number of benzene rings is 2. The van der Waals surface area contributed by atoms with Gasteiger partial charge in [-0.25, -0.2) is 4.99 Å². The fourth-order valence-corrected chi connectivity index (χ4v) is 3.25. The van der Waals surface area contributed by atoms with E-state index in [4.69, 9.17) is 0 Å². The summed E-state index contributed by atoms with van der Waals surface area (Å²) in [6.07, 6.45) is 2.38. The lowest BCUT2D eigenvalue weighted by atomic mass is 10.1. The molecule has 6 nitrogen and oxygen atoms in total. The Labute approximate surface area is 166 Å². The number of phenolic OH excluding ortho intramolecular Hbond substituents is 1. The molecule has 1 aliphatic heterocycles. The van der Waals surface area contributed by atoms with Crippen molar-refractivity contribution in [1.82, 2.24) is 10.6 Å². The summed E-state index contributed by atoms with van der Waals surface area (Å²) in [7, 11) is 0. The Hall–Kier alpha value is -3.02. The molecule has 2 aromatic carbocycles. The fraction of sp³-hybridized carbons (Fsp3) is 0.364. The predicted octanol–water partition coefficient (Wildman–Crippen LogP) is 2.82. The molecule has 3 rings (SSSR count). The summed E-state index contributed by atoms with van der Waals surface area (Å²) in [5.74, 6) is 1.26. The van der Waals surface area contributed by atoms with Gasteiger partial charge in [0.2, 0.25) is 5.91 Å². The van der Waals surface area contributed by atoms with E-state index in [1.165, 1.54) is 0 Å². The van der Waals surface area contributed by atoms with Crippen molar-refractivity contribution in [3.05, 3.63) is 59.7 Å². The average Bonchev–Trinajstić information content (AvgIpc) is 3.12. The molecule has 1 amide bonds. The third-order valence-corrected chi connectivity index (χ3v) is 4.70. The number of rotatable bonds is 7. The van der Waals surface area contributed by atoms with Crippen molar-refractivity contribution in [2.75, 3.05) is 24.5 Å². The van der Waals surface area contributed by atoms with E-state index in [0.717, 1.165) is 55.2 Å². The Bertz CT molecular complexity index is 818. The number of nitrogens with zero attached hydrogens (tertiary/aromatic N) is 2. The van der Waals surface area contributed by atoms with Gasteiger partial charge >= 0.3 is 0 Å². The van der Waals surface area contributed by atoms with Gasteiger partial charge in [-0.1, -0.05) is 24.3 Å². The van der Waals surface area contributed by atoms with Crippen LogP contribution in [0.4, 0.5) is 5.69 Å². The Morgan fingerprint density at radius 2 is 1.96 bits per heavy atom. The van der Waals surface area contributed by atoms with Crippen molar-refractivity contribution in [2.45, 2.75) is 32.7 Å². The third kappa shape index (κ3) is 5.49. The molecular weight excluding hydrogens is 352 g/mol. The maximum atomic E-state index is 11.8. The topological polar surface area (TPSA) is 77.0 Å². The second-order valence-electron chi connectivity index (χ2n) is 6.86. The number of aromatic hydroxyl groups is 1. The van der Waals surface area contributed by atoms with E-state index < -0.39 is 0 Å². The molecule has 3 N–H and O–H groups in total. The van der Waals surface area contributed by atoms with Crippen LogP contribution in [-0.4, -0.2) is 36.6 Å². The summed E-state index contributed by atoms with van der Waals surface area (Å²) >= 11 is 0. The highest BCUT2D eigenvalue weighted by atomic mass is 16.3. The maximum Gasteiger partial charge on any atom is 0.227 e. The molecule has 0 aliphatic carbocycles. The molecule has 1 heterocycles. The minimum atomic E-state index is 0.205. The van der Waals surface area contributed by atoms with Crippen molar-refractivity contribution in [3.8, 4) is 5.75 Å². The molecule has 148 valence electrons. The number of carbonyl (C=O) groups is 1. The van der Waals surface area contributed by atoms with Gasteiger partial charge in [0.1, 0.15) is 5.75 Å². The van der Waals surface area contributed by atoms with E-state index in [1.807, 2.05) is 48.2 Å². The molecular formula is C22H28N4O2. The Morgan fingerprint density at radius 1 is 1.14 bits per heavy atom. The van der Waals surface area contributed by atoms with Gasteiger partial charge in [0, 0.05) is 31.7 Å². The van der Waals surface area contributed by atoms with Crippen LogP contribution in [0.3, 0.4) is 0 Å². The first kappa shape index (κ1) is 19.7. The summed E-state index contributed by atoms with van der Waals surface area (Å²) in [5.41, 5.74) is 3.14. The summed E-state index contributed by atoms with van der Waals surface area (Å²) in [4.78, 5) is 18.3. The zero-order valence-electron chi connectivity index (χ0n) is 16.3. The van der Waals surface area contributed by atoms with Crippen LogP contribution in [0.25, 0.3) is 0 Å². The number of carbonyl (C=O) groups excluding carboxylic acids is 1. The molecule has 2 aromatic rings. The second kappa shape index (κ2) is 9.78. The Kier molecular flexibility index (Phi) is 6.89. The number of hydrogen-bond donors (Lipinski definition) is 3. The molecule has 0 spiro atoms. The predicted molar refractivity (Wildman–Crippen MR) is 113 cm³/mol. The van der Waals surface area contributed by atoms with E-state index in [1.54, 1.807) is 12.1 Å². The van der Waals surface area contributed by atoms with Crippen LogP contribution in [0.2, 0.25) is 0 Å². The first-order valence-electron chi connectivity index (χ1n) is 9.85. The van der Waals surface area contributed by atoms with Crippen molar-refractivity contribution in [2.24, 2.45) is 4.99 Å². The van der Waals surface area contributed by atoms with Crippen LogP contribution in [0.15, 0.2) is 53.5 Å². The number of nitrogens with one attached hydrogen (secondary N) is 2. The van der Waals surface area contributed by atoms with Crippen molar-refractivity contribution in [3.63, 3.8) is 0 Å². The van der Waals surface area contributed by atoms with E-state index in [9.17, 15) is 9.90 Å². The van der Waals surface area contributed by atoms with Crippen molar-refractivity contribution >= 4 is 17.6 Å². The molecule has 28 heavy (non-hydrogen) atoms. The van der Waals surface area contributed by atoms with Crippen LogP contribution < -0.4 is 15.5 Å². The molecule has 0 aromatic heterocycles. The zero-order chi connectivity index (χ0) is 19.8. The van der Waals surface area contributed by atoms with Gasteiger partial charge in [0.15, 0.2) is 5.96 Å². The minimum Gasteiger partial charge on any atom is -0.508 e. The minimum absolute atomic E-state index is 0.205. The number of anilines is 1. The second-order valence-corrected chi connectivity index (χ2v) is 6.86. The fourth-order valence-electron chi connectivity index (χ4n) is 3.25. The molecule has 0 bridgehead atoms. The van der Waals surface area contributed by atoms with Crippen LogP contribution >= 0.6 is 0 Å². The number of hydrogen-bond acceptors (Lipinski definition) is 3. The number of guanidine groups is 1. The molecule has 1 saturated heterocycles. The van der Waals surface area contributed by atoms with Gasteiger partial charge in [-0.15, -0.1) is 0 Å². The summed E-state index contributed by atoms with van der Waals surface area (Å²) < 4.78 is 0. The lowest BCUT2D eigenvalue weighted by Crippen LogP contribution is -2.38. The monoisotopic (exact) mass is 380 g/mol. The van der Waals surface area contributed by atoms with Crippen LogP contribution in [0.1, 0.15) is 30.9 Å². The van der Waals surface area contributed by atoms with E-state index in [-0.39, 0.29) is 11.7 Å². The lowest BCUT2D eigenvalue weighted by molar-refractivity contribution is -0.117. The normalized spacial score (nSPS) is 14.4. The lowest BCUT2D eigenvalue weighted by Gasteiger charge is -2.16. The van der Waals surface area contributed by atoms with E-state index in [0.29, 0.717) is 13.0 Å². The largest absolute Gasteiger partial charge is 0.508 e. The Morgan fingerprint density at radius 3 is 2.64 bits per heavy atom. The van der Waals surface area contributed by atoms with Gasteiger partial charge in [0.05, 0.1) is 6.54 Å². The average molecular weight is 380 g/mol. The highest BCUT2D eigenvalue weighted by molar-refractivity contribution is 5.95. The van der Waals surface area contributed by atoms with Crippen molar-refractivity contribution in [1.29, 1.82) is 0 Å². The van der Waals surface area contributed by atoms with Gasteiger partial charge in [-0.2, -0.15) is 0 Å². The van der Waals surface area contributed by atoms with E-state index in [2.05, 4.69) is 15.6 Å². The molecule has 0 radical (unpaired) electrons.